The Morgan fingerprint density at radius 3 is 2.54 bits per heavy atom. The predicted octanol–water partition coefficient (Wildman–Crippen LogP) is 3.81. The fourth-order valence-electron chi connectivity index (χ4n) is 1.17. The second-order valence-electron chi connectivity index (χ2n) is 3.22. The molecule has 1 nitrogen and oxygen atoms in total. The molecule has 0 N–H and O–H groups in total. The summed E-state index contributed by atoms with van der Waals surface area (Å²) in [5, 5.41) is 0. The van der Waals surface area contributed by atoms with E-state index in [-0.39, 0.29) is 0 Å². The van der Waals surface area contributed by atoms with Crippen molar-refractivity contribution in [1.29, 1.82) is 0 Å². The van der Waals surface area contributed by atoms with Crippen LogP contribution >= 0.6 is 0 Å². The minimum atomic E-state index is 0.941. The summed E-state index contributed by atoms with van der Waals surface area (Å²) in [5.41, 5.74) is 0. The Balaban J connectivity index is 2.32. The summed E-state index contributed by atoms with van der Waals surface area (Å²) < 4.78 is 5.63. The molecular formula is C12H17O. The number of para-hydroxylation sites is 1. The van der Waals surface area contributed by atoms with E-state index in [1.807, 2.05) is 37.3 Å². The van der Waals surface area contributed by atoms with Crippen LogP contribution in [0, 0.1) is 6.10 Å². The van der Waals surface area contributed by atoms with E-state index in [0.29, 0.717) is 0 Å². The van der Waals surface area contributed by atoms with Crippen LogP contribution in [-0.2, 0) is 0 Å². The van der Waals surface area contributed by atoms with Gasteiger partial charge in [-0.25, -0.2) is 0 Å². The SMILES string of the molecule is CCCC[C](C)Oc1ccccc1. The lowest BCUT2D eigenvalue weighted by Gasteiger charge is -2.12. The molecule has 0 bridgehead atoms. The molecular weight excluding hydrogens is 160 g/mol. The molecule has 1 rings (SSSR count). The Morgan fingerprint density at radius 1 is 1.23 bits per heavy atom. The average molecular weight is 177 g/mol. The van der Waals surface area contributed by atoms with Crippen molar-refractivity contribution in [3.8, 4) is 5.75 Å². The quantitative estimate of drug-likeness (QED) is 0.664. The number of rotatable bonds is 5. The van der Waals surface area contributed by atoms with E-state index in [9.17, 15) is 0 Å². The van der Waals surface area contributed by atoms with Crippen LogP contribution in [0.1, 0.15) is 33.1 Å². The van der Waals surface area contributed by atoms with E-state index in [4.69, 9.17) is 4.74 Å². The number of hydrogen-bond donors (Lipinski definition) is 0. The number of benzene rings is 1. The van der Waals surface area contributed by atoms with Crippen molar-refractivity contribution < 1.29 is 4.74 Å². The Hall–Kier alpha value is -0.980. The second kappa shape index (κ2) is 5.63. The van der Waals surface area contributed by atoms with Crippen molar-refractivity contribution in [3.05, 3.63) is 36.4 Å². The molecule has 0 unspecified atom stereocenters. The standard InChI is InChI=1S/C12H17O/c1-3-4-8-11(2)13-12-9-6-5-7-10-12/h5-7,9-10H,3-4,8H2,1-2H3. The first kappa shape index (κ1) is 10.1. The smallest absolute Gasteiger partial charge is 0.145 e. The molecule has 0 saturated heterocycles. The first-order valence-electron chi connectivity index (χ1n) is 4.88. The third-order valence-electron chi connectivity index (χ3n) is 1.92. The van der Waals surface area contributed by atoms with E-state index < -0.39 is 0 Å². The summed E-state index contributed by atoms with van der Waals surface area (Å²) >= 11 is 0. The lowest BCUT2D eigenvalue weighted by Crippen LogP contribution is -2.01. The molecule has 0 atom stereocenters. The normalized spacial score (nSPS) is 10.4. The molecule has 0 heterocycles. The monoisotopic (exact) mass is 177 g/mol. The fraction of sp³-hybridized carbons (Fsp3) is 0.417. The zero-order valence-corrected chi connectivity index (χ0v) is 8.42. The molecule has 0 aliphatic heterocycles. The van der Waals surface area contributed by atoms with Gasteiger partial charge in [-0.1, -0.05) is 31.5 Å². The predicted molar refractivity (Wildman–Crippen MR) is 55.5 cm³/mol. The van der Waals surface area contributed by atoms with Gasteiger partial charge in [0.15, 0.2) is 0 Å². The molecule has 0 fully saturated rings. The molecule has 0 aliphatic rings. The number of ether oxygens (including phenoxy) is 1. The fourth-order valence-corrected chi connectivity index (χ4v) is 1.17. The van der Waals surface area contributed by atoms with Crippen molar-refractivity contribution >= 4 is 0 Å². The minimum Gasteiger partial charge on any atom is -0.483 e. The van der Waals surface area contributed by atoms with E-state index in [0.717, 1.165) is 18.3 Å². The zero-order valence-electron chi connectivity index (χ0n) is 8.42. The Morgan fingerprint density at radius 2 is 1.92 bits per heavy atom. The van der Waals surface area contributed by atoms with Crippen LogP contribution in [0.2, 0.25) is 0 Å². The summed E-state index contributed by atoms with van der Waals surface area (Å²) in [5.74, 6) is 0.941. The first-order chi connectivity index (χ1) is 6.33. The van der Waals surface area contributed by atoms with E-state index >= 15 is 0 Å². The van der Waals surface area contributed by atoms with Gasteiger partial charge in [-0.15, -0.1) is 0 Å². The molecule has 1 heteroatoms. The highest BCUT2D eigenvalue weighted by atomic mass is 16.5. The molecule has 1 aromatic rings. The van der Waals surface area contributed by atoms with Crippen molar-refractivity contribution in [2.75, 3.05) is 0 Å². The molecule has 0 amide bonds. The maximum absolute atomic E-state index is 5.63. The van der Waals surface area contributed by atoms with Crippen LogP contribution in [0.4, 0.5) is 0 Å². The Labute approximate surface area is 80.7 Å². The van der Waals surface area contributed by atoms with E-state index in [1.165, 1.54) is 12.8 Å². The van der Waals surface area contributed by atoms with Crippen LogP contribution in [0.25, 0.3) is 0 Å². The molecule has 13 heavy (non-hydrogen) atoms. The average Bonchev–Trinajstić information content (AvgIpc) is 2.16. The zero-order chi connectivity index (χ0) is 9.52. The van der Waals surface area contributed by atoms with Crippen LogP contribution < -0.4 is 4.74 Å². The summed E-state index contributed by atoms with van der Waals surface area (Å²) in [6.07, 6.45) is 4.59. The van der Waals surface area contributed by atoms with Gasteiger partial charge in [-0.2, -0.15) is 0 Å². The topological polar surface area (TPSA) is 9.23 Å². The maximum Gasteiger partial charge on any atom is 0.145 e. The third-order valence-corrected chi connectivity index (χ3v) is 1.92. The summed E-state index contributed by atoms with van der Waals surface area (Å²) in [6, 6.07) is 9.93. The largest absolute Gasteiger partial charge is 0.483 e. The Kier molecular flexibility index (Phi) is 4.37. The number of unbranched alkanes of at least 4 members (excludes halogenated alkanes) is 1. The lowest BCUT2D eigenvalue weighted by molar-refractivity contribution is 0.313. The van der Waals surface area contributed by atoms with Crippen LogP contribution in [0.3, 0.4) is 0 Å². The number of hydrogen-bond acceptors (Lipinski definition) is 1. The molecule has 1 radical (unpaired) electrons. The van der Waals surface area contributed by atoms with Crippen molar-refractivity contribution in [1.82, 2.24) is 0 Å². The molecule has 0 aliphatic carbocycles. The molecule has 0 aromatic heterocycles. The minimum absolute atomic E-state index is 0.941. The molecule has 71 valence electrons. The van der Waals surface area contributed by atoms with E-state index in [1.54, 1.807) is 0 Å². The van der Waals surface area contributed by atoms with E-state index in [2.05, 4.69) is 6.92 Å². The summed E-state index contributed by atoms with van der Waals surface area (Å²) in [4.78, 5) is 0. The molecule has 0 spiro atoms. The maximum atomic E-state index is 5.63. The van der Waals surface area contributed by atoms with Gasteiger partial charge in [0.2, 0.25) is 0 Å². The van der Waals surface area contributed by atoms with Crippen molar-refractivity contribution in [3.63, 3.8) is 0 Å². The highest BCUT2D eigenvalue weighted by Crippen LogP contribution is 2.17. The highest BCUT2D eigenvalue weighted by molar-refractivity contribution is 5.22. The Bertz CT molecular complexity index is 218. The molecule has 1 aromatic carbocycles. The highest BCUT2D eigenvalue weighted by Gasteiger charge is 2.03. The molecule has 0 saturated carbocycles. The van der Waals surface area contributed by atoms with Crippen LogP contribution in [-0.4, -0.2) is 0 Å². The van der Waals surface area contributed by atoms with Crippen LogP contribution in [0.5, 0.6) is 5.75 Å². The van der Waals surface area contributed by atoms with Gasteiger partial charge >= 0.3 is 0 Å². The first-order valence-corrected chi connectivity index (χ1v) is 4.88. The summed E-state index contributed by atoms with van der Waals surface area (Å²) in [7, 11) is 0. The van der Waals surface area contributed by atoms with Crippen molar-refractivity contribution in [2.45, 2.75) is 33.1 Å². The van der Waals surface area contributed by atoms with Gasteiger partial charge in [0, 0.05) is 0 Å². The van der Waals surface area contributed by atoms with Gasteiger partial charge in [0.25, 0.3) is 0 Å². The third kappa shape index (κ3) is 3.97. The van der Waals surface area contributed by atoms with Gasteiger partial charge in [-0.05, 0) is 31.9 Å². The lowest BCUT2D eigenvalue weighted by atomic mass is 10.2. The van der Waals surface area contributed by atoms with Gasteiger partial charge in [0.1, 0.15) is 11.9 Å². The second-order valence-corrected chi connectivity index (χ2v) is 3.22. The summed E-state index contributed by atoms with van der Waals surface area (Å²) in [6.45, 7) is 4.23. The van der Waals surface area contributed by atoms with Gasteiger partial charge in [0.05, 0.1) is 0 Å². The van der Waals surface area contributed by atoms with Gasteiger partial charge < -0.3 is 4.74 Å². The van der Waals surface area contributed by atoms with Crippen LogP contribution in [0.15, 0.2) is 30.3 Å². The van der Waals surface area contributed by atoms with Gasteiger partial charge in [-0.3, -0.25) is 0 Å². The van der Waals surface area contributed by atoms with Crippen molar-refractivity contribution in [2.24, 2.45) is 0 Å².